The fourth-order valence-corrected chi connectivity index (χ4v) is 11.9. The number of carbonyl (C=O) groups is 1. The van der Waals surface area contributed by atoms with Gasteiger partial charge in [-0.15, -0.1) is 0 Å². The van der Waals surface area contributed by atoms with Crippen molar-refractivity contribution >= 4 is 5.97 Å². The van der Waals surface area contributed by atoms with E-state index in [4.69, 9.17) is 14.8 Å². The molecule has 51 heavy (non-hydrogen) atoms. The SMILES string of the molecule is C[C@]12CCC3c4ccc(ONNOc5ccc6c(c5)CCC5C6CC[C@@]6(C)C5CC[C@@H]6O)cc4CCC3C1CC[C@@H]2O.O=C(O)c1ccccc1. The molecule has 272 valence electrons. The van der Waals surface area contributed by atoms with Crippen molar-refractivity contribution in [3.63, 3.8) is 0 Å². The highest BCUT2D eigenvalue weighted by Crippen LogP contribution is 2.62. The predicted molar refractivity (Wildman–Crippen MR) is 195 cm³/mol. The Kier molecular flexibility index (Phi) is 9.41. The van der Waals surface area contributed by atoms with Gasteiger partial charge in [-0.3, -0.25) is 0 Å². The summed E-state index contributed by atoms with van der Waals surface area (Å²) in [5.41, 5.74) is 11.9. The lowest BCUT2D eigenvalue weighted by Gasteiger charge is -2.50. The largest absolute Gasteiger partial charge is 0.478 e. The predicted octanol–water partition coefficient (Wildman–Crippen LogP) is 7.89. The average Bonchev–Trinajstić information content (AvgIpc) is 3.63. The zero-order valence-corrected chi connectivity index (χ0v) is 30.0. The Morgan fingerprint density at radius 1 is 0.647 bits per heavy atom. The van der Waals surface area contributed by atoms with Crippen molar-refractivity contribution in [1.29, 1.82) is 0 Å². The molecule has 6 aliphatic carbocycles. The van der Waals surface area contributed by atoms with E-state index in [1.54, 1.807) is 30.3 Å². The van der Waals surface area contributed by atoms with Crippen LogP contribution in [0.2, 0.25) is 0 Å². The molecule has 0 saturated heterocycles. The van der Waals surface area contributed by atoms with Crippen LogP contribution in [0.5, 0.6) is 11.5 Å². The minimum absolute atomic E-state index is 0.119. The molecule has 4 fully saturated rings. The van der Waals surface area contributed by atoms with Crippen molar-refractivity contribution in [3.05, 3.63) is 94.5 Å². The summed E-state index contributed by atoms with van der Waals surface area (Å²) in [5, 5.41) is 29.7. The van der Waals surface area contributed by atoms with E-state index in [2.05, 4.69) is 61.4 Å². The number of hydrogen-bond acceptors (Lipinski definition) is 7. The lowest BCUT2D eigenvalue weighted by molar-refractivity contribution is -0.0227. The number of aliphatic hydroxyl groups is 2. The Morgan fingerprint density at radius 2 is 1.12 bits per heavy atom. The molecule has 0 amide bonds. The first-order chi connectivity index (χ1) is 24.7. The molecule has 6 unspecified atom stereocenters. The molecule has 0 heterocycles. The van der Waals surface area contributed by atoms with Gasteiger partial charge in [0.15, 0.2) is 0 Å². The highest BCUT2D eigenvalue weighted by Gasteiger charge is 2.55. The molecule has 5 N–H and O–H groups in total. The van der Waals surface area contributed by atoms with Crippen LogP contribution >= 0.6 is 0 Å². The molecule has 0 radical (unpaired) electrons. The smallest absolute Gasteiger partial charge is 0.335 e. The maximum absolute atomic E-state index is 10.7. The molecular formula is C43H54N2O6. The van der Waals surface area contributed by atoms with Crippen LogP contribution in [-0.4, -0.2) is 33.5 Å². The number of nitrogens with one attached hydrogen (secondary N) is 2. The van der Waals surface area contributed by atoms with E-state index >= 15 is 0 Å². The normalized spacial score (nSPS) is 35.8. The van der Waals surface area contributed by atoms with Crippen molar-refractivity contribution in [3.8, 4) is 11.5 Å². The molecule has 3 aromatic rings. The second-order valence-corrected chi connectivity index (χ2v) is 16.9. The van der Waals surface area contributed by atoms with Crippen molar-refractivity contribution in [2.75, 3.05) is 0 Å². The molecule has 6 aliphatic rings. The zero-order chi connectivity index (χ0) is 35.3. The number of aliphatic hydroxyl groups excluding tert-OH is 2. The van der Waals surface area contributed by atoms with Gasteiger partial charge in [-0.25, -0.2) is 4.79 Å². The summed E-state index contributed by atoms with van der Waals surface area (Å²) in [4.78, 5) is 21.9. The Morgan fingerprint density at radius 3 is 1.55 bits per heavy atom. The molecule has 0 spiro atoms. The second-order valence-electron chi connectivity index (χ2n) is 16.9. The highest BCUT2D eigenvalue weighted by molar-refractivity contribution is 5.87. The van der Waals surface area contributed by atoms with Crippen LogP contribution in [0.3, 0.4) is 0 Å². The second kappa shape index (κ2) is 13.8. The Balaban J connectivity index is 0.000000365. The van der Waals surface area contributed by atoms with E-state index < -0.39 is 5.97 Å². The average molecular weight is 695 g/mol. The number of hydrazine groups is 1. The molecule has 0 aromatic heterocycles. The van der Waals surface area contributed by atoms with Gasteiger partial charge in [-0.2, -0.15) is 0 Å². The van der Waals surface area contributed by atoms with Crippen molar-refractivity contribution in [2.45, 2.75) is 115 Å². The molecule has 8 heteroatoms. The van der Waals surface area contributed by atoms with Gasteiger partial charge in [-0.05, 0) is 182 Å². The summed E-state index contributed by atoms with van der Waals surface area (Å²) >= 11 is 0. The molecule has 8 nitrogen and oxygen atoms in total. The maximum Gasteiger partial charge on any atom is 0.335 e. The third-order valence-corrected chi connectivity index (χ3v) is 14.7. The number of benzene rings is 3. The van der Waals surface area contributed by atoms with E-state index in [1.165, 1.54) is 60.8 Å². The van der Waals surface area contributed by atoms with Crippen LogP contribution in [0.25, 0.3) is 0 Å². The van der Waals surface area contributed by atoms with E-state index in [0.29, 0.717) is 41.1 Å². The van der Waals surface area contributed by atoms with Crippen LogP contribution < -0.4 is 20.9 Å². The summed E-state index contributed by atoms with van der Waals surface area (Å²) < 4.78 is 0. The standard InChI is InChI=1S/C36H48N2O4.C7H6O2/c1-35-17-15-27-25-9-5-23(19-21(25)3-7-29(27)31(35)11-13-33(35)39)41-37-38-42-24-6-10-26-22(20-24)4-8-30-28(26)16-18-36(2)32(30)12-14-34(36)40;8-7(9)6-4-2-1-3-5-6/h5-6,9-10,19-20,27-34,37-40H,3-4,7-8,11-18H2,1-2H3;1-5H,(H,8,9)/t27?,28?,29?,30?,31?,32?,33-,34-,35-,36-;/m0./s1. The van der Waals surface area contributed by atoms with Crippen LogP contribution in [0.15, 0.2) is 66.7 Å². The van der Waals surface area contributed by atoms with Crippen molar-refractivity contribution in [1.82, 2.24) is 11.2 Å². The van der Waals surface area contributed by atoms with Gasteiger partial charge in [0.05, 0.1) is 17.8 Å². The van der Waals surface area contributed by atoms with Gasteiger partial charge in [0, 0.05) is 0 Å². The maximum atomic E-state index is 10.7. The number of carboxylic acids is 1. The molecule has 0 aliphatic heterocycles. The monoisotopic (exact) mass is 694 g/mol. The molecule has 10 atom stereocenters. The van der Waals surface area contributed by atoms with Gasteiger partial charge < -0.3 is 25.0 Å². The van der Waals surface area contributed by atoms with Gasteiger partial charge in [0.2, 0.25) is 0 Å². The topological polar surface area (TPSA) is 120 Å². The van der Waals surface area contributed by atoms with Crippen LogP contribution in [-0.2, 0) is 12.8 Å². The van der Waals surface area contributed by atoms with E-state index in [-0.39, 0.29) is 23.0 Å². The summed E-state index contributed by atoms with van der Waals surface area (Å²) in [5.74, 6) is 4.64. The lowest BCUT2D eigenvalue weighted by Crippen LogP contribution is -2.44. The molecule has 3 aromatic carbocycles. The fourth-order valence-electron chi connectivity index (χ4n) is 11.9. The fraction of sp³-hybridized carbons (Fsp3) is 0.558. The Labute approximate surface area is 301 Å². The molecule has 9 rings (SSSR count). The summed E-state index contributed by atoms with van der Waals surface area (Å²) in [7, 11) is 0. The first-order valence-corrected chi connectivity index (χ1v) is 19.4. The third kappa shape index (κ3) is 6.26. The summed E-state index contributed by atoms with van der Waals surface area (Å²) in [6, 6.07) is 21.4. The van der Waals surface area contributed by atoms with E-state index in [1.807, 2.05) is 0 Å². The van der Waals surface area contributed by atoms with Gasteiger partial charge in [0.25, 0.3) is 0 Å². The quantitative estimate of drug-likeness (QED) is 0.131. The molecule has 0 bridgehead atoms. The minimum atomic E-state index is -0.879. The molecule has 4 saturated carbocycles. The summed E-state index contributed by atoms with van der Waals surface area (Å²) in [6.45, 7) is 4.68. The highest BCUT2D eigenvalue weighted by atomic mass is 16.8. The first kappa shape index (κ1) is 34.6. The number of rotatable bonds is 6. The first-order valence-electron chi connectivity index (χ1n) is 19.4. The number of fused-ring (bicyclic) bond motifs is 10. The van der Waals surface area contributed by atoms with Crippen LogP contribution in [0.4, 0.5) is 0 Å². The van der Waals surface area contributed by atoms with Gasteiger partial charge >= 0.3 is 5.97 Å². The third-order valence-electron chi connectivity index (χ3n) is 14.7. The number of aromatic carboxylic acids is 1. The molecular weight excluding hydrogens is 640 g/mol. The number of hydrogen-bond donors (Lipinski definition) is 5. The van der Waals surface area contributed by atoms with Crippen molar-refractivity contribution < 1.29 is 29.8 Å². The van der Waals surface area contributed by atoms with Gasteiger partial charge in [-0.1, -0.05) is 55.4 Å². The van der Waals surface area contributed by atoms with Crippen LogP contribution in [0.1, 0.15) is 123 Å². The minimum Gasteiger partial charge on any atom is -0.478 e. The van der Waals surface area contributed by atoms with Crippen LogP contribution in [0, 0.1) is 34.5 Å². The number of carboxylic acid groups (broad SMARTS) is 1. The van der Waals surface area contributed by atoms with Crippen molar-refractivity contribution in [2.24, 2.45) is 34.5 Å². The zero-order valence-electron chi connectivity index (χ0n) is 30.0. The Bertz CT molecular complexity index is 1630. The van der Waals surface area contributed by atoms with E-state index in [9.17, 15) is 15.0 Å². The number of aryl methyl sites for hydroxylation is 2. The lowest BCUT2D eigenvalue weighted by atomic mass is 9.55. The van der Waals surface area contributed by atoms with Gasteiger partial charge in [0.1, 0.15) is 11.5 Å². The summed E-state index contributed by atoms with van der Waals surface area (Å²) in [6.07, 6.45) is 13.3. The van der Waals surface area contributed by atoms with E-state index in [0.717, 1.165) is 50.0 Å². The Hall–Kier alpha value is -3.43.